The van der Waals surface area contributed by atoms with Crippen LogP contribution in [0.3, 0.4) is 0 Å². The Balaban J connectivity index is 0.000000810. The summed E-state index contributed by atoms with van der Waals surface area (Å²) in [6.45, 7) is 5.84. The summed E-state index contributed by atoms with van der Waals surface area (Å²) >= 11 is 0. The standard InChI is InChI=1S/C9H10.Y/c1-3-9-6-4-5-8(2)7-9;/h4-5,7H,1,3H2,2H3;/q-2;. The summed E-state index contributed by atoms with van der Waals surface area (Å²) in [5.74, 6) is 0. The summed E-state index contributed by atoms with van der Waals surface area (Å²) in [5.41, 5.74) is 2.47. The van der Waals surface area contributed by atoms with Gasteiger partial charge in [-0.15, -0.1) is 0 Å². The van der Waals surface area contributed by atoms with Crippen molar-refractivity contribution in [1.82, 2.24) is 0 Å². The van der Waals surface area contributed by atoms with Gasteiger partial charge in [-0.25, -0.2) is 0 Å². The Morgan fingerprint density at radius 1 is 1.60 bits per heavy atom. The number of rotatable bonds is 1. The molecule has 0 spiro atoms. The van der Waals surface area contributed by atoms with E-state index in [1.807, 2.05) is 12.1 Å². The van der Waals surface area contributed by atoms with Gasteiger partial charge in [0.25, 0.3) is 0 Å². The molecule has 1 aromatic rings. The zero-order valence-corrected chi connectivity index (χ0v) is 9.06. The Morgan fingerprint density at radius 3 is 2.70 bits per heavy atom. The minimum absolute atomic E-state index is 0. The Labute approximate surface area is 87.9 Å². The normalized spacial score (nSPS) is 8.60. The molecule has 1 radical (unpaired) electrons. The minimum Gasteiger partial charge on any atom is -0.341 e. The van der Waals surface area contributed by atoms with Gasteiger partial charge in [-0.05, 0) is 0 Å². The quantitative estimate of drug-likeness (QED) is 0.619. The van der Waals surface area contributed by atoms with Crippen LogP contribution < -0.4 is 0 Å². The fraction of sp³-hybridized carbons (Fsp3) is 0.222. The van der Waals surface area contributed by atoms with Gasteiger partial charge >= 0.3 is 0 Å². The molecule has 0 aliphatic heterocycles. The third-order valence-corrected chi connectivity index (χ3v) is 1.29. The summed E-state index contributed by atoms with van der Waals surface area (Å²) in [6.07, 6.45) is 0.835. The summed E-state index contributed by atoms with van der Waals surface area (Å²) < 4.78 is 0. The summed E-state index contributed by atoms with van der Waals surface area (Å²) in [5, 5.41) is 0. The Kier molecular flexibility index (Phi) is 5.20. The first-order valence-electron chi connectivity index (χ1n) is 3.09. The van der Waals surface area contributed by atoms with Crippen LogP contribution in [0.25, 0.3) is 0 Å². The predicted octanol–water partition coefficient (Wildman–Crippen LogP) is 2.17. The van der Waals surface area contributed by atoms with Gasteiger partial charge in [0.1, 0.15) is 0 Å². The van der Waals surface area contributed by atoms with Crippen LogP contribution >= 0.6 is 0 Å². The average Bonchev–Trinajstić information content (AvgIpc) is 1.88. The predicted molar refractivity (Wildman–Crippen MR) is 39.1 cm³/mol. The number of benzene rings is 1. The second-order valence-electron chi connectivity index (χ2n) is 2.14. The zero-order chi connectivity index (χ0) is 6.69. The van der Waals surface area contributed by atoms with E-state index in [1.165, 1.54) is 11.1 Å². The third-order valence-electron chi connectivity index (χ3n) is 1.29. The van der Waals surface area contributed by atoms with Crippen LogP contribution in [0.5, 0.6) is 0 Å². The third kappa shape index (κ3) is 2.94. The van der Waals surface area contributed by atoms with Crippen molar-refractivity contribution in [3.63, 3.8) is 0 Å². The molecule has 0 nitrogen and oxygen atoms in total. The first-order chi connectivity index (χ1) is 4.33. The number of hydrogen-bond acceptors (Lipinski definition) is 0. The van der Waals surface area contributed by atoms with Gasteiger partial charge in [0.2, 0.25) is 0 Å². The molecule has 0 heterocycles. The number of hydrogen-bond donors (Lipinski definition) is 0. The van der Waals surface area contributed by atoms with E-state index in [4.69, 9.17) is 0 Å². The fourth-order valence-electron chi connectivity index (χ4n) is 0.789. The molecule has 0 bridgehead atoms. The molecule has 0 atom stereocenters. The first-order valence-corrected chi connectivity index (χ1v) is 3.09. The van der Waals surface area contributed by atoms with E-state index in [1.54, 1.807) is 0 Å². The SMILES string of the molecule is [CH2-]Cc1[c-]ccc(C)c1.[Y]. The second kappa shape index (κ2) is 5.04. The van der Waals surface area contributed by atoms with Crippen molar-refractivity contribution in [2.24, 2.45) is 0 Å². The Hall–Kier alpha value is 0.324. The van der Waals surface area contributed by atoms with Crippen LogP contribution in [0.15, 0.2) is 18.2 Å². The minimum atomic E-state index is 0. The molecule has 1 heteroatoms. The molecule has 0 saturated carbocycles. The molecule has 1 rings (SSSR count). The zero-order valence-electron chi connectivity index (χ0n) is 6.22. The van der Waals surface area contributed by atoms with Crippen molar-refractivity contribution in [3.05, 3.63) is 42.3 Å². The maximum atomic E-state index is 3.77. The molecule has 1 aromatic carbocycles. The molecule has 0 amide bonds. The largest absolute Gasteiger partial charge is 0.341 e. The molecular formula is C9H10Y-2. The van der Waals surface area contributed by atoms with Crippen molar-refractivity contribution in [3.8, 4) is 0 Å². The van der Waals surface area contributed by atoms with Gasteiger partial charge in [-0.2, -0.15) is 41.8 Å². The van der Waals surface area contributed by atoms with Gasteiger partial charge in [0, 0.05) is 32.7 Å². The topological polar surface area (TPSA) is 0 Å². The summed E-state index contributed by atoms with van der Waals surface area (Å²) in [7, 11) is 0. The van der Waals surface area contributed by atoms with E-state index < -0.39 is 0 Å². The Bertz CT molecular complexity index is 194. The molecule has 0 unspecified atom stereocenters. The van der Waals surface area contributed by atoms with Crippen LogP contribution in [0.1, 0.15) is 11.1 Å². The number of aryl methyl sites for hydroxylation is 1. The van der Waals surface area contributed by atoms with E-state index in [0.717, 1.165) is 6.42 Å². The van der Waals surface area contributed by atoms with Crippen LogP contribution in [0.2, 0.25) is 0 Å². The van der Waals surface area contributed by atoms with E-state index in [-0.39, 0.29) is 32.7 Å². The molecule has 0 aliphatic carbocycles. The van der Waals surface area contributed by atoms with Crippen LogP contribution in [0, 0.1) is 19.9 Å². The van der Waals surface area contributed by atoms with Crippen molar-refractivity contribution < 1.29 is 32.7 Å². The summed E-state index contributed by atoms with van der Waals surface area (Å²) in [6, 6.07) is 9.18. The van der Waals surface area contributed by atoms with Gasteiger partial charge in [0.05, 0.1) is 0 Å². The molecule has 51 valence electrons. The van der Waals surface area contributed by atoms with Gasteiger partial charge in [-0.1, -0.05) is 6.92 Å². The van der Waals surface area contributed by atoms with E-state index in [2.05, 4.69) is 26.0 Å². The first kappa shape index (κ1) is 10.3. The van der Waals surface area contributed by atoms with Crippen LogP contribution in [-0.4, -0.2) is 0 Å². The van der Waals surface area contributed by atoms with Crippen molar-refractivity contribution in [1.29, 1.82) is 0 Å². The van der Waals surface area contributed by atoms with E-state index in [0.29, 0.717) is 0 Å². The molecule has 0 aliphatic rings. The van der Waals surface area contributed by atoms with Crippen LogP contribution in [0.4, 0.5) is 0 Å². The molecule has 10 heavy (non-hydrogen) atoms. The molecular weight excluding hydrogens is 197 g/mol. The second-order valence-corrected chi connectivity index (χ2v) is 2.14. The summed E-state index contributed by atoms with van der Waals surface area (Å²) in [4.78, 5) is 0. The fourth-order valence-corrected chi connectivity index (χ4v) is 0.789. The van der Waals surface area contributed by atoms with Crippen molar-refractivity contribution >= 4 is 0 Å². The van der Waals surface area contributed by atoms with E-state index >= 15 is 0 Å². The van der Waals surface area contributed by atoms with Gasteiger partial charge < -0.3 is 6.92 Å². The average molecular weight is 207 g/mol. The molecule has 0 N–H and O–H groups in total. The monoisotopic (exact) mass is 207 g/mol. The molecule has 0 fully saturated rings. The van der Waals surface area contributed by atoms with Crippen LogP contribution in [-0.2, 0) is 39.1 Å². The maximum Gasteiger partial charge on any atom is 0 e. The Morgan fingerprint density at radius 2 is 2.30 bits per heavy atom. The van der Waals surface area contributed by atoms with Crippen molar-refractivity contribution in [2.75, 3.05) is 0 Å². The van der Waals surface area contributed by atoms with Gasteiger partial charge in [0.15, 0.2) is 0 Å². The smallest absolute Gasteiger partial charge is 0 e. The molecule has 0 saturated heterocycles. The van der Waals surface area contributed by atoms with E-state index in [9.17, 15) is 0 Å². The van der Waals surface area contributed by atoms with Gasteiger partial charge in [-0.3, -0.25) is 0 Å². The maximum absolute atomic E-state index is 3.77. The van der Waals surface area contributed by atoms with Crippen molar-refractivity contribution in [2.45, 2.75) is 13.3 Å². The molecule has 0 aromatic heterocycles.